The molecule has 12 nitrogen and oxygen atoms in total. The lowest BCUT2D eigenvalue weighted by molar-refractivity contribution is -0.120. The smallest absolute Gasteiger partial charge is 0.350 e. The zero-order valence-electron chi connectivity index (χ0n) is 23.1. The van der Waals surface area contributed by atoms with Gasteiger partial charge in [-0.15, -0.1) is 0 Å². The van der Waals surface area contributed by atoms with Crippen LogP contribution in [0.5, 0.6) is 0 Å². The average molecular weight is 602 g/mol. The normalized spacial score (nSPS) is 13.9. The molecule has 1 aliphatic carbocycles. The maximum Gasteiger partial charge on any atom is 0.350 e. The van der Waals surface area contributed by atoms with Gasteiger partial charge in [0.15, 0.2) is 5.13 Å². The zero-order valence-corrected chi connectivity index (χ0v) is 24.7. The van der Waals surface area contributed by atoms with E-state index >= 15 is 0 Å². The van der Waals surface area contributed by atoms with E-state index < -0.39 is 16.0 Å². The number of carbonyl (C=O) groups is 2. The Labute approximate surface area is 243 Å². The molecule has 1 fully saturated rings. The molecular formula is C27H35N7O5S2. The molecule has 0 bridgehead atoms. The van der Waals surface area contributed by atoms with E-state index in [1.807, 2.05) is 0 Å². The van der Waals surface area contributed by atoms with Crippen molar-refractivity contribution in [2.24, 2.45) is 11.1 Å². The summed E-state index contributed by atoms with van der Waals surface area (Å²) >= 11 is 1.13. The van der Waals surface area contributed by atoms with Gasteiger partial charge in [-0.2, -0.15) is 4.98 Å². The number of aromatic nitrogens is 3. The van der Waals surface area contributed by atoms with Crippen LogP contribution in [-0.2, 0) is 32.5 Å². The fourth-order valence-electron chi connectivity index (χ4n) is 4.53. The molecule has 1 aromatic carbocycles. The summed E-state index contributed by atoms with van der Waals surface area (Å²) in [7, 11) is -3.78. The second-order valence-corrected chi connectivity index (χ2v) is 12.4. The van der Waals surface area contributed by atoms with E-state index in [4.69, 9.17) is 9.88 Å². The summed E-state index contributed by atoms with van der Waals surface area (Å²) in [5.74, 6) is 0.593. The van der Waals surface area contributed by atoms with Crippen molar-refractivity contribution >= 4 is 50.1 Å². The first-order valence-electron chi connectivity index (χ1n) is 13.5. The van der Waals surface area contributed by atoms with Gasteiger partial charge in [0.25, 0.3) is 0 Å². The van der Waals surface area contributed by atoms with Crippen LogP contribution in [0.1, 0.15) is 65.7 Å². The highest BCUT2D eigenvalue weighted by atomic mass is 32.2. The number of nitrogens with zero attached hydrogens (tertiary/aromatic N) is 3. The van der Waals surface area contributed by atoms with Crippen LogP contribution in [-0.4, -0.2) is 48.4 Å². The number of primary sulfonamides is 1. The first-order valence-corrected chi connectivity index (χ1v) is 15.9. The van der Waals surface area contributed by atoms with Crippen molar-refractivity contribution in [2.45, 2.75) is 63.8 Å². The van der Waals surface area contributed by atoms with Crippen LogP contribution < -0.4 is 21.1 Å². The summed E-state index contributed by atoms with van der Waals surface area (Å²) in [6.07, 6.45) is 5.99. The number of thiazole rings is 1. The van der Waals surface area contributed by atoms with Crippen molar-refractivity contribution in [3.8, 4) is 0 Å². The second kappa shape index (κ2) is 13.8. The van der Waals surface area contributed by atoms with E-state index in [9.17, 15) is 18.0 Å². The fourth-order valence-corrected chi connectivity index (χ4v) is 5.90. The Morgan fingerprint density at radius 1 is 1.10 bits per heavy atom. The molecular weight excluding hydrogens is 566 g/mol. The summed E-state index contributed by atoms with van der Waals surface area (Å²) in [5.41, 5.74) is 1.82. The Hall–Kier alpha value is -3.62. The number of benzene rings is 1. The highest BCUT2D eigenvalue weighted by Gasteiger charge is 2.19. The van der Waals surface area contributed by atoms with Crippen molar-refractivity contribution in [1.29, 1.82) is 0 Å². The van der Waals surface area contributed by atoms with Crippen molar-refractivity contribution in [3.05, 3.63) is 52.2 Å². The van der Waals surface area contributed by atoms with Gasteiger partial charge in [-0.25, -0.2) is 28.3 Å². The predicted molar refractivity (Wildman–Crippen MR) is 157 cm³/mol. The van der Waals surface area contributed by atoms with Gasteiger partial charge in [0.05, 0.1) is 29.3 Å². The van der Waals surface area contributed by atoms with E-state index in [2.05, 4.69) is 30.9 Å². The Bertz CT molecular complexity index is 1470. The van der Waals surface area contributed by atoms with Crippen LogP contribution in [0.15, 0.2) is 35.2 Å². The lowest BCUT2D eigenvalue weighted by Crippen LogP contribution is -2.31. The minimum Gasteiger partial charge on any atom is -0.462 e. The molecule has 5 N–H and O–H groups in total. The lowest BCUT2D eigenvalue weighted by Gasteiger charge is -2.21. The van der Waals surface area contributed by atoms with E-state index in [0.29, 0.717) is 46.2 Å². The highest BCUT2D eigenvalue weighted by Crippen LogP contribution is 2.26. The number of hydrogen-bond donors (Lipinski definition) is 4. The SMILES string of the molecule is CCOC(=O)c1sc(Nc2nc(CC(=O)NCC3CCCCC3)cc(NCc3ccc(S(N)(=O)=O)cc3)n2)nc1C. The van der Waals surface area contributed by atoms with Crippen LogP contribution in [0.2, 0.25) is 0 Å². The lowest BCUT2D eigenvalue weighted by atomic mass is 9.89. The third-order valence-corrected chi connectivity index (χ3v) is 8.62. The minimum atomic E-state index is -3.78. The van der Waals surface area contributed by atoms with Crippen LogP contribution in [0.3, 0.4) is 0 Å². The number of aryl methyl sites for hydroxylation is 1. The number of nitrogens with two attached hydrogens (primary N) is 1. The zero-order chi connectivity index (χ0) is 29.4. The number of sulfonamides is 1. The van der Waals surface area contributed by atoms with E-state index in [1.54, 1.807) is 32.0 Å². The molecule has 220 valence electrons. The summed E-state index contributed by atoms with van der Waals surface area (Å²) in [6.45, 7) is 4.70. The molecule has 0 saturated heterocycles. The van der Waals surface area contributed by atoms with Crippen LogP contribution in [0.4, 0.5) is 16.9 Å². The van der Waals surface area contributed by atoms with E-state index in [0.717, 1.165) is 29.7 Å². The molecule has 0 unspecified atom stereocenters. The summed E-state index contributed by atoms with van der Waals surface area (Å²) < 4.78 is 28.2. The second-order valence-electron chi connectivity index (χ2n) is 9.87. The van der Waals surface area contributed by atoms with Crippen molar-refractivity contribution in [3.63, 3.8) is 0 Å². The quantitative estimate of drug-likeness (QED) is 0.224. The van der Waals surface area contributed by atoms with Gasteiger partial charge < -0.3 is 15.4 Å². The number of esters is 1. The molecule has 2 heterocycles. The van der Waals surface area contributed by atoms with Gasteiger partial charge in [0.2, 0.25) is 21.9 Å². The number of rotatable bonds is 12. The van der Waals surface area contributed by atoms with Crippen LogP contribution >= 0.6 is 11.3 Å². The first-order chi connectivity index (χ1) is 19.6. The predicted octanol–water partition coefficient (Wildman–Crippen LogP) is 3.66. The summed E-state index contributed by atoms with van der Waals surface area (Å²) in [4.78, 5) is 38.9. The van der Waals surface area contributed by atoms with Gasteiger partial charge in [-0.3, -0.25) is 10.1 Å². The van der Waals surface area contributed by atoms with Gasteiger partial charge >= 0.3 is 5.97 Å². The van der Waals surface area contributed by atoms with Gasteiger partial charge in [-0.1, -0.05) is 42.7 Å². The number of hydrogen-bond acceptors (Lipinski definition) is 11. The Kier molecular flexibility index (Phi) is 10.2. The fraction of sp³-hybridized carbons (Fsp3) is 0.444. The van der Waals surface area contributed by atoms with Gasteiger partial charge in [0.1, 0.15) is 10.7 Å². The first kappa shape index (κ1) is 30.3. The third-order valence-electron chi connectivity index (χ3n) is 6.64. The molecule has 2 aromatic heterocycles. The molecule has 0 atom stereocenters. The number of amides is 1. The van der Waals surface area contributed by atoms with E-state index in [-0.39, 0.29) is 29.8 Å². The molecule has 0 aliphatic heterocycles. The molecule has 0 spiro atoms. The van der Waals surface area contributed by atoms with Gasteiger partial charge in [-0.05, 0) is 50.3 Å². The summed E-state index contributed by atoms with van der Waals surface area (Å²) in [5, 5.41) is 14.9. The Balaban J connectivity index is 1.50. The number of ether oxygens (including phenoxy) is 1. The summed E-state index contributed by atoms with van der Waals surface area (Å²) in [6, 6.07) is 7.88. The average Bonchev–Trinajstić information content (AvgIpc) is 3.31. The monoisotopic (exact) mass is 601 g/mol. The topological polar surface area (TPSA) is 178 Å². The van der Waals surface area contributed by atoms with Crippen molar-refractivity contribution in [1.82, 2.24) is 20.3 Å². The number of anilines is 3. The standard InChI is InChI=1S/C27H35N7O5S2/c1-3-39-25(36)24-17(2)31-27(40-24)34-26-32-20(14-23(35)30-16-18-7-5-4-6-8-18)13-22(33-26)29-15-19-9-11-21(12-10-19)41(28,37)38/h9-13,18H,3-8,14-16H2,1-2H3,(H,30,35)(H2,28,37,38)(H2,29,31,32,33,34). The van der Waals surface area contributed by atoms with Crippen molar-refractivity contribution in [2.75, 3.05) is 23.8 Å². The molecule has 41 heavy (non-hydrogen) atoms. The minimum absolute atomic E-state index is 0.0252. The van der Waals surface area contributed by atoms with Crippen molar-refractivity contribution < 1.29 is 22.7 Å². The largest absolute Gasteiger partial charge is 0.462 e. The molecule has 4 rings (SSSR count). The van der Waals surface area contributed by atoms with Gasteiger partial charge in [0, 0.05) is 19.2 Å². The maximum atomic E-state index is 12.8. The molecule has 3 aromatic rings. The number of nitrogens with one attached hydrogen (secondary N) is 3. The Morgan fingerprint density at radius 2 is 1.83 bits per heavy atom. The van der Waals surface area contributed by atoms with Crippen LogP contribution in [0, 0.1) is 12.8 Å². The van der Waals surface area contributed by atoms with Crippen LogP contribution in [0.25, 0.3) is 0 Å². The Morgan fingerprint density at radius 3 is 2.51 bits per heavy atom. The molecule has 0 radical (unpaired) electrons. The third kappa shape index (κ3) is 8.93. The maximum absolute atomic E-state index is 12.8. The molecule has 1 amide bonds. The molecule has 1 saturated carbocycles. The molecule has 14 heteroatoms. The molecule has 1 aliphatic rings. The highest BCUT2D eigenvalue weighted by molar-refractivity contribution is 7.89. The van der Waals surface area contributed by atoms with E-state index in [1.165, 1.54) is 31.4 Å². The number of carbonyl (C=O) groups excluding carboxylic acids is 2.